The van der Waals surface area contributed by atoms with E-state index in [1.54, 1.807) is 24.3 Å². The fraction of sp³-hybridized carbons (Fsp3) is 0.188. The number of rotatable bonds is 6. The van der Waals surface area contributed by atoms with Crippen LogP contribution in [0.4, 0.5) is 0 Å². The lowest BCUT2D eigenvalue weighted by atomic mass is 10.2. The fourth-order valence-corrected chi connectivity index (χ4v) is 3.79. The Morgan fingerprint density at radius 1 is 1.05 bits per heavy atom. The molecule has 0 atom stereocenters. The van der Waals surface area contributed by atoms with Gasteiger partial charge in [-0.15, -0.1) is 0 Å². The maximum Gasteiger partial charge on any atom is 0.243 e. The number of benzene rings is 2. The van der Waals surface area contributed by atoms with E-state index in [9.17, 15) is 8.42 Å². The van der Waals surface area contributed by atoms with Crippen molar-refractivity contribution < 1.29 is 8.42 Å². The molecule has 0 aliphatic rings. The molecule has 2 aromatic carbocycles. The van der Waals surface area contributed by atoms with Crippen LogP contribution in [-0.4, -0.2) is 19.3 Å². The van der Waals surface area contributed by atoms with Crippen molar-refractivity contribution in [2.75, 3.05) is 6.54 Å². The van der Waals surface area contributed by atoms with Crippen LogP contribution in [0.2, 0.25) is 0 Å². The minimum atomic E-state index is -3.61. The number of halogens is 1. The standard InChI is InChI=1S/C16H15IN2O2S/c17-15-7-9-16(10-8-15)22(20,21)19(12-4-11-18)13-14-5-2-1-3-6-14/h1-3,5-10H,4,12-13H2. The van der Waals surface area contributed by atoms with Crippen LogP contribution in [0.5, 0.6) is 0 Å². The molecular formula is C16H15IN2O2S. The largest absolute Gasteiger partial charge is 0.243 e. The Bertz CT molecular complexity index is 753. The van der Waals surface area contributed by atoms with Gasteiger partial charge in [-0.05, 0) is 52.4 Å². The average molecular weight is 426 g/mol. The van der Waals surface area contributed by atoms with Crippen LogP contribution in [0.1, 0.15) is 12.0 Å². The number of hydrogen-bond acceptors (Lipinski definition) is 3. The van der Waals surface area contributed by atoms with Gasteiger partial charge in [-0.25, -0.2) is 8.42 Å². The molecule has 0 aliphatic carbocycles. The number of nitriles is 1. The lowest BCUT2D eigenvalue weighted by Crippen LogP contribution is -2.31. The van der Waals surface area contributed by atoms with Crippen molar-refractivity contribution in [1.29, 1.82) is 5.26 Å². The van der Waals surface area contributed by atoms with Crippen molar-refractivity contribution >= 4 is 32.6 Å². The van der Waals surface area contributed by atoms with Crippen molar-refractivity contribution in [3.05, 3.63) is 63.7 Å². The predicted octanol–water partition coefficient (Wildman–Crippen LogP) is 3.40. The van der Waals surface area contributed by atoms with Crippen molar-refractivity contribution in [1.82, 2.24) is 4.31 Å². The van der Waals surface area contributed by atoms with Crippen LogP contribution in [-0.2, 0) is 16.6 Å². The highest BCUT2D eigenvalue weighted by Gasteiger charge is 2.24. The Morgan fingerprint density at radius 3 is 2.27 bits per heavy atom. The van der Waals surface area contributed by atoms with E-state index in [2.05, 4.69) is 22.6 Å². The molecule has 0 aromatic heterocycles. The molecule has 6 heteroatoms. The van der Waals surface area contributed by atoms with Gasteiger partial charge in [0.2, 0.25) is 10.0 Å². The predicted molar refractivity (Wildman–Crippen MR) is 93.4 cm³/mol. The van der Waals surface area contributed by atoms with Crippen LogP contribution in [0, 0.1) is 14.9 Å². The maximum atomic E-state index is 12.8. The smallest absolute Gasteiger partial charge is 0.207 e. The molecule has 0 saturated heterocycles. The molecule has 0 N–H and O–H groups in total. The fourth-order valence-electron chi connectivity index (χ4n) is 2.00. The highest BCUT2D eigenvalue weighted by molar-refractivity contribution is 14.1. The quantitative estimate of drug-likeness (QED) is 0.666. The van der Waals surface area contributed by atoms with Gasteiger partial charge in [0.05, 0.1) is 11.0 Å². The molecule has 0 radical (unpaired) electrons. The number of nitrogens with zero attached hydrogens (tertiary/aromatic N) is 2. The van der Waals surface area contributed by atoms with Gasteiger partial charge in [0.15, 0.2) is 0 Å². The minimum absolute atomic E-state index is 0.163. The van der Waals surface area contributed by atoms with E-state index in [1.165, 1.54) is 4.31 Å². The second kappa shape index (κ2) is 7.72. The molecule has 0 unspecified atom stereocenters. The summed E-state index contributed by atoms with van der Waals surface area (Å²) in [4.78, 5) is 0.252. The summed E-state index contributed by atoms with van der Waals surface area (Å²) >= 11 is 2.13. The van der Waals surface area contributed by atoms with Gasteiger partial charge in [-0.3, -0.25) is 0 Å². The summed E-state index contributed by atoms with van der Waals surface area (Å²) in [5, 5.41) is 8.78. The molecule has 0 saturated carbocycles. The lowest BCUT2D eigenvalue weighted by Gasteiger charge is -2.21. The Morgan fingerprint density at radius 2 is 1.68 bits per heavy atom. The molecule has 0 bridgehead atoms. The molecule has 0 heterocycles. The van der Waals surface area contributed by atoms with Gasteiger partial charge < -0.3 is 0 Å². The molecule has 22 heavy (non-hydrogen) atoms. The SMILES string of the molecule is N#CCCN(Cc1ccccc1)S(=O)(=O)c1ccc(I)cc1. The van der Waals surface area contributed by atoms with Crippen molar-refractivity contribution in [3.63, 3.8) is 0 Å². The van der Waals surface area contributed by atoms with Crippen LogP contribution in [0.3, 0.4) is 0 Å². The molecule has 0 spiro atoms. The molecule has 0 amide bonds. The molecule has 4 nitrogen and oxygen atoms in total. The summed E-state index contributed by atoms with van der Waals surface area (Å²) in [6.07, 6.45) is 0.163. The minimum Gasteiger partial charge on any atom is -0.207 e. The second-order valence-electron chi connectivity index (χ2n) is 4.69. The Balaban J connectivity index is 2.31. The summed E-state index contributed by atoms with van der Waals surface area (Å²) in [5.74, 6) is 0. The van der Waals surface area contributed by atoms with Crippen LogP contribution in [0.15, 0.2) is 59.5 Å². The Kier molecular flexibility index (Phi) is 5.94. The van der Waals surface area contributed by atoms with E-state index in [0.717, 1.165) is 9.13 Å². The number of sulfonamides is 1. The first-order chi connectivity index (χ1) is 10.5. The monoisotopic (exact) mass is 426 g/mol. The average Bonchev–Trinajstić information content (AvgIpc) is 2.52. The third-order valence-electron chi connectivity index (χ3n) is 3.13. The van der Waals surface area contributed by atoms with Gasteiger partial charge in [0, 0.05) is 23.1 Å². The molecule has 0 fully saturated rings. The van der Waals surface area contributed by atoms with Crippen molar-refractivity contribution in [3.8, 4) is 6.07 Å². The van der Waals surface area contributed by atoms with Crippen LogP contribution in [0.25, 0.3) is 0 Å². The van der Waals surface area contributed by atoms with E-state index in [0.29, 0.717) is 0 Å². The van der Waals surface area contributed by atoms with E-state index < -0.39 is 10.0 Å². The summed E-state index contributed by atoms with van der Waals surface area (Å²) in [6.45, 7) is 0.441. The zero-order chi connectivity index (χ0) is 16.0. The van der Waals surface area contributed by atoms with Crippen molar-refractivity contribution in [2.45, 2.75) is 17.9 Å². The molecule has 0 aliphatic heterocycles. The first kappa shape index (κ1) is 16.9. The van der Waals surface area contributed by atoms with E-state index in [1.807, 2.05) is 36.4 Å². The highest BCUT2D eigenvalue weighted by Crippen LogP contribution is 2.20. The normalized spacial score (nSPS) is 11.3. The van der Waals surface area contributed by atoms with Gasteiger partial charge in [-0.2, -0.15) is 9.57 Å². The lowest BCUT2D eigenvalue weighted by molar-refractivity contribution is 0.413. The third kappa shape index (κ3) is 4.29. The highest BCUT2D eigenvalue weighted by atomic mass is 127. The first-order valence-electron chi connectivity index (χ1n) is 6.70. The van der Waals surface area contributed by atoms with Crippen molar-refractivity contribution in [2.24, 2.45) is 0 Å². The van der Waals surface area contributed by atoms with Crippen LogP contribution < -0.4 is 0 Å². The van der Waals surface area contributed by atoms with Gasteiger partial charge in [-0.1, -0.05) is 30.3 Å². The molecule has 2 rings (SSSR count). The zero-order valence-corrected chi connectivity index (χ0v) is 14.8. The zero-order valence-electron chi connectivity index (χ0n) is 11.8. The van der Waals surface area contributed by atoms with Gasteiger partial charge in [0.25, 0.3) is 0 Å². The van der Waals surface area contributed by atoms with Gasteiger partial charge in [0.1, 0.15) is 0 Å². The first-order valence-corrected chi connectivity index (χ1v) is 9.22. The maximum absolute atomic E-state index is 12.8. The third-order valence-corrected chi connectivity index (χ3v) is 5.70. The number of hydrogen-bond donors (Lipinski definition) is 0. The van der Waals surface area contributed by atoms with E-state index in [4.69, 9.17) is 5.26 Å². The Hall–Kier alpha value is -1.43. The van der Waals surface area contributed by atoms with E-state index in [-0.39, 0.29) is 24.4 Å². The molecular weight excluding hydrogens is 411 g/mol. The summed E-state index contributed by atoms with van der Waals surface area (Å²) in [6, 6.07) is 18.1. The van der Waals surface area contributed by atoms with Crippen LogP contribution >= 0.6 is 22.6 Å². The molecule has 2 aromatic rings. The Labute approximate surface area is 144 Å². The topological polar surface area (TPSA) is 61.2 Å². The molecule has 114 valence electrons. The summed E-state index contributed by atoms with van der Waals surface area (Å²) in [5.41, 5.74) is 0.898. The van der Waals surface area contributed by atoms with Gasteiger partial charge >= 0.3 is 0 Å². The second-order valence-corrected chi connectivity index (χ2v) is 7.87. The summed E-state index contributed by atoms with van der Waals surface area (Å²) < 4.78 is 27.9. The summed E-state index contributed by atoms with van der Waals surface area (Å²) in [7, 11) is -3.61. The van der Waals surface area contributed by atoms with E-state index >= 15 is 0 Å².